The third kappa shape index (κ3) is 3.12. The molecule has 2 aromatic rings. The first-order valence-electron chi connectivity index (χ1n) is 6.53. The molecule has 0 bridgehead atoms. The fourth-order valence-electron chi connectivity index (χ4n) is 2.02. The van der Waals surface area contributed by atoms with Crippen LogP contribution in [0.3, 0.4) is 0 Å². The van der Waals surface area contributed by atoms with Crippen LogP contribution < -0.4 is 5.32 Å². The second kappa shape index (κ2) is 6.03. The van der Waals surface area contributed by atoms with Crippen molar-refractivity contribution in [3.8, 4) is 0 Å². The summed E-state index contributed by atoms with van der Waals surface area (Å²) in [5.41, 5.74) is 0.935. The van der Waals surface area contributed by atoms with E-state index >= 15 is 0 Å². The Labute approximate surface area is 108 Å². The van der Waals surface area contributed by atoms with Gasteiger partial charge in [0.25, 0.3) is 0 Å². The zero-order valence-electron chi connectivity index (χ0n) is 11.0. The highest BCUT2D eigenvalue weighted by atomic mass is 16.3. The fraction of sp³-hybridized carbons (Fsp3) is 0.467. The van der Waals surface area contributed by atoms with Crippen LogP contribution in [0.5, 0.6) is 0 Å². The van der Waals surface area contributed by atoms with Gasteiger partial charge in [-0.2, -0.15) is 0 Å². The first kappa shape index (κ1) is 13.1. The highest BCUT2D eigenvalue weighted by Crippen LogP contribution is 2.23. The molecule has 1 aromatic heterocycles. The van der Waals surface area contributed by atoms with Crippen molar-refractivity contribution in [1.82, 2.24) is 5.32 Å². The minimum Gasteiger partial charge on any atom is -0.459 e. The van der Waals surface area contributed by atoms with Crippen LogP contribution in [0.15, 0.2) is 34.7 Å². The number of aliphatic hydroxyl groups excluding tert-OH is 1. The van der Waals surface area contributed by atoms with E-state index in [2.05, 4.69) is 31.3 Å². The fourth-order valence-corrected chi connectivity index (χ4v) is 2.02. The molecule has 0 aliphatic carbocycles. The third-order valence-electron chi connectivity index (χ3n) is 3.27. The molecule has 18 heavy (non-hydrogen) atoms. The molecular formula is C15H21NO2. The largest absolute Gasteiger partial charge is 0.459 e. The van der Waals surface area contributed by atoms with Gasteiger partial charge in [-0.3, -0.25) is 0 Å². The molecule has 0 saturated heterocycles. The van der Waals surface area contributed by atoms with Gasteiger partial charge in [-0.25, -0.2) is 0 Å². The highest BCUT2D eigenvalue weighted by Gasteiger charge is 2.12. The molecule has 0 fully saturated rings. The maximum Gasteiger partial charge on any atom is 0.134 e. The Balaban J connectivity index is 1.98. The molecule has 2 unspecified atom stereocenters. The van der Waals surface area contributed by atoms with Crippen LogP contribution in [0.2, 0.25) is 0 Å². The van der Waals surface area contributed by atoms with Gasteiger partial charge < -0.3 is 14.8 Å². The quantitative estimate of drug-likeness (QED) is 0.824. The van der Waals surface area contributed by atoms with Crippen molar-refractivity contribution in [3.63, 3.8) is 0 Å². The van der Waals surface area contributed by atoms with Crippen LogP contribution in [0.4, 0.5) is 0 Å². The summed E-state index contributed by atoms with van der Waals surface area (Å²) in [5, 5.41) is 13.5. The predicted molar refractivity (Wildman–Crippen MR) is 73.5 cm³/mol. The molecule has 3 heteroatoms. The molecule has 0 aliphatic heterocycles. The average molecular weight is 247 g/mol. The Hall–Kier alpha value is -1.32. The molecule has 0 spiro atoms. The number of hydrogen-bond donors (Lipinski definition) is 2. The summed E-state index contributed by atoms with van der Waals surface area (Å²) in [6.45, 7) is 5.37. The van der Waals surface area contributed by atoms with Crippen LogP contribution in [0.1, 0.15) is 32.1 Å². The van der Waals surface area contributed by atoms with E-state index in [0.717, 1.165) is 29.7 Å². The minimum atomic E-state index is 0.193. The van der Waals surface area contributed by atoms with Crippen molar-refractivity contribution < 1.29 is 9.52 Å². The number of hydrogen-bond acceptors (Lipinski definition) is 3. The van der Waals surface area contributed by atoms with Gasteiger partial charge in [0.1, 0.15) is 11.3 Å². The number of fused-ring (bicyclic) bond motifs is 1. The monoisotopic (exact) mass is 247 g/mol. The molecule has 1 aromatic carbocycles. The molecule has 3 nitrogen and oxygen atoms in total. The number of rotatable bonds is 6. The van der Waals surface area contributed by atoms with Crippen molar-refractivity contribution in [2.75, 3.05) is 13.2 Å². The van der Waals surface area contributed by atoms with E-state index in [-0.39, 0.29) is 12.6 Å². The molecule has 98 valence electrons. The maximum atomic E-state index is 8.87. The molecule has 0 radical (unpaired) electrons. The lowest BCUT2D eigenvalue weighted by molar-refractivity contribution is 0.257. The van der Waals surface area contributed by atoms with E-state index in [1.165, 1.54) is 0 Å². The van der Waals surface area contributed by atoms with E-state index in [1.807, 2.05) is 18.2 Å². The normalized spacial score (nSPS) is 14.8. The molecule has 0 saturated carbocycles. The van der Waals surface area contributed by atoms with Gasteiger partial charge >= 0.3 is 0 Å². The molecule has 2 N–H and O–H groups in total. The van der Waals surface area contributed by atoms with Crippen molar-refractivity contribution in [1.29, 1.82) is 0 Å². The van der Waals surface area contributed by atoms with Gasteiger partial charge in [-0.15, -0.1) is 0 Å². The van der Waals surface area contributed by atoms with E-state index in [0.29, 0.717) is 5.92 Å². The summed E-state index contributed by atoms with van der Waals surface area (Å²) < 4.78 is 5.81. The molecular weight excluding hydrogens is 226 g/mol. The summed E-state index contributed by atoms with van der Waals surface area (Å²) in [6.07, 6.45) is 0.833. The minimum absolute atomic E-state index is 0.193. The van der Waals surface area contributed by atoms with Gasteiger partial charge in [0.2, 0.25) is 0 Å². The van der Waals surface area contributed by atoms with Crippen LogP contribution in [0.25, 0.3) is 11.0 Å². The standard InChI is InChI=1S/C15H21NO2/c1-11(7-8-17)10-16-12(2)15-9-13-5-3-4-6-14(13)18-15/h3-6,9,11-12,16-17H,7-8,10H2,1-2H3. The van der Waals surface area contributed by atoms with Crippen molar-refractivity contribution in [2.45, 2.75) is 26.3 Å². The molecule has 1 heterocycles. The summed E-state index contributed by atoms with van der Waals surface area (Å²) in [6, 6.07) is 10.3. The third-order valence-corrected chi connectivity index (χ3v) is 3.27. The first-order valence-corrected chi connectivity index (χ1v) is 6.53. The summed E-state index contributed by atoms with van der Waals surface area (Å²) in [4.78, 5) is 0. The van der Waals surface area contributed by atoms with Crippen LogP contribution in [-0.2, 0) is 0 Å². The molecule has 2 atom stereocenters. The van der Waals surface area contributed by atoms with Crippen molar-refractivity contribution in [2.24, 2.45) is 5.92 Å². The van der Waals surface area contributed by atoms with Crippen LogP contribution in [-0.4, -0.2) is 18.3 Å². The smallest absolute Gasteiger partial charge is 0.134 e. The molecule has 0 aliphatic rings. The average Bonchev–Trinajstić information content (AvgIpc) is 2.80. The van der Waals surface area contributed by atoms with E-state index in [9.17, 15) is 0 Å². The lowest BCUT2D eigenvalue weighted by Crippen LogP contribution is -2.24. The van der Waals surface area contributed by atoms with E-state index in [1.54, 1.807) is 0 Å². The Morgan fingerprint density at radius 3 is 2.78 bits per heavy atom. The number of nitrogens with one attached hydrogen (secondary N) is 1. The number of aliphatic hydroxyl groups is 1. The maximum absolute atomic E-state index is 8.87. The summed E-state index contributed by atoms with van der Waals surface area (Å²) >= 11 is 0. The van der Waals surface area contributed by atoms with E-state index in [4.69, 9.17) is 9.52 Å². The SMILES string of the molecule is CC(CCO)CNC(C)c1cc2ccccc2o1. The van der Waals surface area contributed by atoms with Crippen LogP contribution in [0, 0.1) is 5.92 Å². The topological polar surface area (TPSA) is 45.4 Å². The second-order valence-electron chi connectivity index (χ2n) is 4.93. The van der Waals surface area contributed by atoms with Gasteiger partial charge in [0.05, 0.1) is 6.04 Å². The van der Waals surface area contributed by atoms with Gasteiger partial charge in [0.15, 0.2) is 0 Å². The Kier molecular flexibility index (Phi) is 4.39. The van der Waals surface area contributed by atoms with Crippen molar-refractivity contribution in [3.05, 3.63) is 36.1 Å². The van der Waals surface area contributed by atoms with Gasteiger partial charge in [-0.1, -0.05) is 25.1 Å². The predicted octanol–water partition coefficient (Wildman–Crippen LogP) is 3.10. The van der Waals surface area contributed by atoms with Crippen molar-refractivity contribution >= 4 is 11.0 Å². The molecule has 0 amide bonds. The first-order chi connectivity index (χ1) is 8.70. The zero-order chi connectivity index (χ0) is 13.0. The Bertz CT molecular complexity index is 459. The van der Waals surface area contributed by atoms with Crippen LogP contribution >= 0.6 is 0 Å². The Morgan fingerprint density at radius 2 is 2.06 bits per heavy atom. The summed E-state index contributed by atoms with van der Waals surface area (Å²) in [7, 11) is 0. The Morgan fingerprint density at radius 1 is 1.28 bits per heavy atom. The zero-order valence-corrected chi connectivity index (χ0v) is 11.0. The highest BCUT2D eigenvalue weighted by molar-refractivity contribution is 5.77. The number of para-hydroxylation sites is 1. The lowest BCUT2D eigenvalue weighted by atomic mass is 10.1. The molecule has 2 rings (SSSR count). The van der Waals surface area contributed by atoms with Gasteiger partial charge in [0, 0.05) is 12.0 Å². The number of furan rings is 1. The second-order valence-corrected chi connectivity index (χ2v) is 4.93. The summed E-state index contributed by atoms with van der Waals surface area (Å²) in [5.74, 6) is 1.44. The van der Waals surface area contributed by atoms with Gasteiger partial charge in [-0.05, 0) is 37.9 Å². The number of benzene rings is 1. The lowest BCUT2D eigenvalue weighted by Gasteiger charge is -2.15. The van der Waals surface area contributed by atoms with E-state index < -0.39 is 0 Å².